The Morgan fingerprint density at radius 2 is 2.00 bits per heavy atom. The first-order valence-electron chi connectivity index (χ1n) is 5.37. The van der Waals surface area contributed by atoms with E-state index in [-0.39, 0.29) is 0 Å². The molecule has 78 valence electrons. The van der Waals surface area contributed by atoms with Gasteiger partial charge in [0, 0.05) is 18.3 Å². The van der Waals surface area contributed by atoms with E-state index >= 15 is 0 Å². The van der Waals surface area contributed by atoms with E-state index in [0.717, 1.165) is 5.82 Å². The molecule has 1 aliphatic heterocycles. The predicted octanol–water partition coefficient (Wildman–Crippen LogP) is 2.33. The van der Waals surface area contributed by atoms with Gasteiger partial charge < -0.3 is 4.90 Å². The van der Waals surface area contributed by atoms with Crippen LogP contribution in [0.2, 0.25) is 0 Å². The van der Waals surface area contributed by atoms with Gasteiger partial charge in [-0.15, -0.1) is 0 Å². The fourth-order valence-corrected chi connectivity index (χ4v) is 2.25. The van der Waals surface area contributed by atoms with Gasteiger partial charge >= 0.3 is 0 Å². The van der Waals surface area contributed by atoms with Crippen molar-refractivity contribution in [3.8, 4) is 6.07 Å². The van der Waals surface area contributed by atoms with Crippen molar-refractivity contribution in [2.75, 3.05) is 4.90 Å². The van der Waals surface area contributed by atoms with Gasteiger partial charge in [-0.2, -0.15) is 5.26 Å². The molecule has 0 aliphatic carbocycles. The number of nitriles is 1. The highest BCUT2D eigenvalue weighted by Gasteiger charge is 2.27. The van der Waals surface area contributed by atoms with Crippen molar-refractivity contribution in [1.82, 2.24) is 4.98 Å². The molecule has 3 nitrogen and oxygen atoms in total. The number of hydrogen-bond acceptors (Lipinski definition) is 3. The second kappa shape index (κ2) is 3.90. The summed E-state index contributed by atoms with van der Waals surface area (Å²) >= 11 is 0. The van der Waals surface area contributed by atoms with Crippen molar-refractivity contribution in [3.63, 3.8) is 0 Å². The van der Waals surface area contributed by atoms with E-state index in [1.165, 1.54) is 12.8 Å². The molecular weight excluding hydrogens is 186 g/mol. The minimum absolute atomic E-state index is 0.556. The van der Waals surface area contributed by atoms with Crippen LogP contribution in [-0.4, -0.2) is 17.1 Å². The van der Waals surface area contributed by atoms with Crippen LogP contribution in [0.25, 0.3) is 0 Å². The van der Waals surface area contributed by atoms with Gasteiger partial charge in [-0.25, -0.2) is 4.98 Å². The van der Waals surface area contributed by atoms with Crippen LogP contribution < -0.4 is 4.90 Å². The summed E-state index contributed by atoms with van der Waals surface area (Å²) in [5, 5.41) is 8.69. The maximum Gasteiger partial charge on any atom is 0.129 e. The summed E-state index contributed by atoms with van der Waals surface area (Å²) in [6.07, 6.45) is 4.10. The van der Waals surface area contributed by atoms with Gasteiger partial charge in [-0.05, 0) is 38.8 Å². The molecule has 1 fully saturated rings. The normalized spacial score (nSPS) is 25.3. The molecule has 1 saturated heterocycles. The SMILES string of the molecule is CC1CCC(C)N1c1ccc(C#N)cn1. The molecule has 0 spiro atoms. The summed E-state index contributed by atoms with van der Waals surface area (Å²) in [5.74, 6) is 0.992. The predicted molar refractivity (Wildman–Crippen MR) is 59.6 cm³/mol. The maximum atomic E-state index is 8.69. The number of hydrogen-bond donors (Lipinski definition) is 0. The lowest BCUT2D eigenvalue weighted by molar-refractivity contribution is 0.683. The molecular formula is C12H15N3. The highest BCUT2D eigenvalue weighted by Crippen LogP contribution is 2.28. The molecule has 15 heavy (non-hydrogen) atoms. The van der Waals surface area contributed by atoms with E-state index < -0.39 is 0 Å². The Labute approximate surface area is 90.4 Å². The van der Waals surface area contributed by atoms with Crippen LogP contribution in [-0.2, 0) is 0 Å². The molecule has 2 rings (SSSR count). The highest BCUT2D eigenvalue weighted by molar-refractivity contribution is 5.44. The first-order chi connectivity index (χ1) is 7.22. The molecule has 0 N–H and O–H groups in total. The molecule has 0 amide bonds. The molecule has 0 bridgehead atoms. The molecule has 0 aromatic carbocycles. The highest BCUT2D eigenvalue weighted by atomic mass is 15.2. The summed E-state index contributed by atoms with van der Waals surface area (Å²) in [7, 11) is 0. The summed E-state index contributed by atoms with van der Waals surface area (Å²) in [6, 6.07) is 6.97. The Morgan fingerprint density at radius 3 is 2.47 bits per heavy atom. The van der Waals surface area contributed by atoms with Gasteiger partial charge in [0.2, 0.25) is 0 Å². The molecule has 1 aromatic rings. The van der Waals surface area contributed by atoms with E-state index in [0.29, 0.717) is 17.6 Å². The first kappa shape index (κ1) is 9.97. The van der Waals surface area contributed by atoms with Gasteiger partial charge in [-0.3, -0.25) is 0 Å². The fourth-order valence-electron chi connectivity index (χ4n) is 2.25. The van der Waals surface area contributed by atoms with Crippen LogP contribution in [0.15, 0.2) is 18.3 Å². The van der Waals surface area contributed by atoms with E-state index in [9.17, 15) is 0 Å². The Hall–Kier alpha value is -1.56. The van der Waals surface area contributed by atoms with E-state index in [1.54, 1.807) is 6.20 Å². The van der Waals surface area contributed by atoms with Crippen molar-refractivity contribution < 1.29 is 0 Å². The second-order valence-corrected chi connectivity index (χ2v) is 4.20. The summed E-state index contributed by atoms with van der Waals surface area (Å²) in [5.41, 5.74) is 0.623. The minimum Gasteiger partial charge on any atom is -0.351 e. The average Bonchev–Trinajstić information content (AvgIpc) is 2.59. The topological polar surface area (TPSA) is 39.9 Å². The van der Waals surface area contributed by atoms with Crippen LogP contribution in [0.3, 0.4) is 0 Å². The Morgan fingerprint density at radius 1 is 1.33 bits per heavy atom. The molecule has 1 aromatic heterocycles. The standard InChI is InChI=1S/C12H15N3/c1-9-3-4-10(2)15(9)12-6-5-11(7-13)8-14-12/h5-6,8-10H,3-4H2,1-2H3. The zero-order valence-electron chi connectivity index (χ0n) is 9.14. The molecule has 2 unspecified atom stereocenters. The molecule has 3 heteroatoms. The maximum absolute atomic E-state index is 8.69. The zero-order chi connectivity index (χ0) is 10.8. The third-order valence-electron chi connectivity index (χ3n) is 3.09. The monoisotopic (exact) mass is 201 g/mol. The summed E-state index contributed by atoms with van der Waals surface area (Å²) < 4.78 is 0. The number of anilines is 1. The van der Waals surface area contributed by atoms with Crippen molar-refractivity contribution in [2.24, 2.45) is 0 Å². The molecule has 2 heterocycles. The summed E-state index contributed by atoms with van der Waals surface area (Å²) in [4.78, 5) is 6.67. The first-order valence-corrected chi connectivity index (χ1v) is 5.37. The number of pyridine rings is 1. The quantitative estimate of drug-likeness (QED) is 0.700. The van der Waals surface area contributed by atoms with Crippen LogP contribution in [0, 0.1) is 11.3 Å². The van der Waals surface area contributed by atoms with Gasteiger partial charge in [0.05, 0.1) is 5.56 Å². The smallest absolute Gasteiger partial charge is 0.129 e. The molecule has 0 radical (unpaired) electrons. The van der Waals surface area contributed by atoms with Crippen LogP contribution in [0.4, 0.5) is 5.82 Å². The van der Waals surface area contributed by atoms with Crippen molar-refractivity contribution >= 4 is 5.82 Å². The van der Waals surface area contributed by atoms with Gasteiger partial charge in [0.15, 0.2) is 0 Å². The van der Waals surface area contributed by atoms with Gasteiger partial charge in [-0.1, -0.05) is 0 Å². The third kappa shape index (κ3) is 1.80. The van der Waals surface area contributed by atoms with Crippen LogP contribution in [0.1, 0.15) is 32.3 Å². The minimum atomic E-state index is 0.556. The van der Waals surface area contributed by atoms with Crippen LogP contribution in [0.5, 0.6) is 0 Å². The van der Waals surface area contributed by atoms with E-state index in [1.807, 2.05) is 12.1 Å². The molecule has 0 saturated carbocycles. The van der Waals surface area contributed by atoms with Gasteiger partial charge in [0.25, 0.3) is 0 Å². The van der Waals surface area contributed by atoms with E-state index in [4.69, 9.17) is 5.26 Å². The second-order valence-electron chi connectivity index (χ2n) is 4.20. The van der Waals surface area contributed by atoms with Crippen LogP contribution >= 0.6 is 0 Å². The van der Waals surface area contributed by atoms with Crippen molar-refractivity contribution in [3.05, 3.63) is 23.9 Å². The number of aromatic nitrogens is 1. The summed E-state index contributed by atoms with van der Waals surface area (Å²) in [6.45, 7) is 4.45. The lowest BCUT2D eigenvalue weighted by atomic mass is 10.2. The Balaban J connectivity index is 2.26. The van der Waals surface area contributed by atoms with E-state index in [2.05, 4.69) is 29.8 Å². The third-order valence-corrected chi connectivity index (χ3v) is 3.09. The fraction of sp³-hybridized carbons (Fsp3) is 0.500. The van der Waals surface area contributed by atoms with Gasteiger partial charge in [0.1, 0.15) is 11.9 Å². The van der Waals surface area contributed by atoms with Crippen molar-refractivity contribution in [1.29, 1.82) is 5.26 Å². The molecule has 1 aliphatic rings. The molecule has 2 atom stereocenters. The Bertz CT molecular complexity index is 367. The number of rotatable bonds is 1. The lowest BCUT2D eigenvalue weighted by Crippen LogP contribution is -2.33. The zero-order valence-corrected chi connectivity index (χ0v) is 9.14. The number of nitrogens with zero attached hydrogens (tertiary/aromatic N) is 3. The van der Waals surface area contributed by atoms with Crippen molar-refractivity contribution in [2.45, 2.75) is 38.8 Å². The lowest BCUT2D eigenvalue weighted by Gasteiger charge is -2.27. The Kier molecular flexibility index (Phi) is 2.59. The largest absolute Gasteiger partial charge is 0.351 e. The average molecular weight is 201 g/mol.